The van der Waals surface area contributed by atoms with Crippen molar-refractivity contribution < 1.29 is 37.1 Å². The van der Waals surface area contributed by atoms with Gasteiger partial charge in [-0.3, -0.25) is 19.1 Å². The first-order valence-corrected chi connectivity index (χ1v) is 13.3. The van der Waals surface area contributed by atoms with Crippen LogP contribution in [0.25, 0.3) is 0 Å². The number of aliphatic carboxylic acids is 1. The van der Waals surface area contributed by atoms with E-state index >= 15 is 0 Å². The van der Waals surface area contributed by atoms with Crippen LogP contribution in [0.1, 0.15) is 84.3 Å². The molecule has 39 heavy (non-hydrogen) atoms. The van der Waals surface area contributed by atoms with E-state index in [1.54, 1.807) is 6.92 Å². The molecule has 212 valence electrons. The number of ketones is 1. The third kappa shape index (κ3) is 6.09. The molecule has 7 nitrogen and oxygen atoms in total. The second kappa shape index (κ2) is 11.1. The van der Waals surface area contributed by atoms with Gasteiger partial charge in [-0.25, -0.2) is 4.39 Å². The molecule has 1 heterocycles. The predicted molar refractivity (Wildman–Crippen MR) is 134 cm³/mol. The lowest BCUT2D eigenvalue weighted by Crippen LogP contribution is -2.41. The molecule has 1 amide bonds. The monoisotopic (exact) mass is 591 g/mol. The van der Waals surface area contributed by atoms with Crippen LogP contribution in [0.4, 0.5) is 17.6 Å². The molecule has 2 aliphatic rings. The lowest BCUT2D eigenvalue weighted by molar-refractivity contribution is -0.152. The van der Waals surface area contributed by atoms with Crippen molar-refractivity contribution in [3.8, 4) is 0 Å². The fourth-order valence-electron chi connectivity index (χ4n) is 5.21. The maximum absolute atomic E-state index is 14.3. The van der Waals surface area contributed by atoms with Crippen molar-refractivity contribution in [1.82, 2.24) is 14.7 Å². The van der Waals surface area contributed by atoms with Crippen molar-refractivity contribution in [2.24, 2.45) is 11.3 Å². The molecule has 13 heteroatoms. The zero-order valence-electron chi connectivity index (χ0n) is 21.0. The van der Waals surface area contributed by atoms with E-state index in [1.807, 2.05) is 0 Å². The van der Waals surface area contributed by atoms with Crippen LogP contribution in [0.2, 0.25) is 10.0 Å². The summed E-state index contributed by atoms with van der Waals surface area (Å²) in [4.78, 5) is 39.3. The summed E-state index contributed by atoms with van der Waals surface area (Å²) < 4.78 is 57.4. The highest BCUT2D eigenvalue weighted by molar-refractivity contribution is 6.40. The lowest BCUT2D eigenvalue weighted by atomic mass is 9.74. The van der Waals surface area contributed by atoms with Crippen LogP contribution in [0, 0.1) is 17.2 Å². The number of carboxylic acid groups (broad SMARTS) is 1. The van der Waals surface area contributed by atoms with Gasteiger partial charge < -0.3 is 10.0 Å². The Morgan fingerprint density at radius 3 is 2.21 bits per heavy atom. The molecule has 1 N–H and O–H groups in total. The van der Waals surface area contributed by atoms with Gasteiger partial charge in [-0.15, -0.1) is 0 Å². The van der Waals surface area contributed by atoms with Crippen LogP contribution in [0.15, 0.2) is 18.3 Å². The minimum absolute atomic E-state index is 0.0114. The molecule has 2 aliphatic carbocycles. The first kappa shape index (κ1) is 29.3. The Balaban J connectivity index is 1.65. The lowest BCUT2D eigenvalue weighted by Gasteiger charge is -2.35. The molecule has 1 aromatic heterocycles. The smallest absolute Gasteiger partial charge is 0.433 e. The Hall–Kier alpha value is -2.66. The third-order valence-corrected chi connectivity index (χ3v) is 8.42. The van der Waals surface area contributed by atoms with Gasteiger partial charge in [0.05, 0.1) is 45.4 Å². The van der Waals surface area contributed by atoms with E-state index in [-0.39, 0.29) is 53.8 Å². The van der Waals surface area contributed by atoms with Gasteiger partial charge >= 0.3 is 12.1 Å². The molecule has 2 saturated carbocycles. The zero-order valence-corrected chi connectivity index (χ0v) is 22.5. The van der Waals surface area contributed by atoms with Gasteiger partial charge in [-0.2, -0.15) is 18.3 Å². The topological polar surface area (TPSA) is 92.5 Å². The predicted octanol–water partition coefficient (Wildman–Crippen LogP) is 6.68. The summed E-state index contributed by atoms with van der Waals surface area (Å²) in [6.45, 7) is 0.996. The summed E-state index contributed by atoms with van der Waals surface area (Å²) in [7, 11) is 0. The first-order chi connectivity index (χ1) is 18.2. The van der Waals surface area contributed by atoms with Gasteiger partial charge in [0, 0.05) is 6.54 Å². The van der Waals surface area contributed by atoms with E-state index in [9.17, 15) is 37.1 Å². The van der Waals surface area contributed by atoms with E-state index in [2.05, 4.69) is 5.10 Å². The number of rotatable bonds is 8. The average Bonchev–Trinajstić information content (AvgIpc) is 3.25. The normalized spacial score (nSPS) is 21.9. The summed E-state index contributed by atoms with van der Waals surface area (Å²) in [6, 6.07) is 1.04. The minimum atomic E-state index is -4.94. The second-order valence-electron chi connectivity index (χ2n) is 10.6. The number of carbonyl (C=O) groups excluding carboxylic acids is 2. The molecule has 0 saturated heterocycles. The number of hydrogen-bond acceptors (Lipinski definition) is 4. The van der Waals surface area contributed by atoms with Crippen LogP contribution in [-0.2, 0) is 11.0 Å². The molecule has 0 spiro atoms. The van der Waals surface area contributed by atoms with Crippen molar-refractivity contribution >= 4 is 40.9 Å². The van der Waals surface area contributed by atoms with Gasteiger partial charge in [0.1, 0.15) is 5.82 Å². The Bertz CT molecular complexity index is 1260. The molecule has 0 aliphatic heterocycles. The highest BCUT2D eigenvalue weighted by Gasteiger charge is 2.45. The molecule has 0 radical (unpaired) electrons. The summed E-state index contributed by atoms with van der Waals surface area (Å²) in [5, 5.41) is 12.8. The zero-order chi connectivity index (χ0) is 28.7. The molecule has 4 rings (SSSR count). The highest BCUT2D eigenvalue weighted by Crippen LogP contribution is 2.43. The van der Waals surface area contributed by atoms with E-state index < -0.39 is 58.9 Å². The molecular formula is C26H27Cl2F4N3O4. The maximum atomic E-state index is 14.3. The molecule has 0 atom stereocenters. The SMILES string of the molecule is CC1(C(=O)O)CCC(n2ncc(C(=O)N(CC(=O)c3c(Cl)cc(F)cc3Cl)CC3CCC3)c2C(F)(F)F)CC1. The molecule has 2 aromatic rings. The molecule has 2 fully saturated rings. The van der Waals surface area contributed by atoms with Gasteiger partial charge in [-0.1, -0.05) is 29.6 Å². The Morgan fingerprint density at radius 2 is 1.72 bits per heavy atom. The van der Waals surface area contributed by atoms with Crippen molar-refractivity contribution in [1.29, 1.82) is 0 Å². The summed E-state index contributed by atoms with van der Waals surface area (Å²) in [5.74, 6) is -3.52. The average molecular weight is 592 g/mol. The minimum Gasteiger partial charge on any atom is -0.481 e. The number of carbonyl (C=O) groups is 3. The Morgan fingerprint density at radius 1 is 1.13 bits per heavy atom. The highest BCUT2D eigenvalue weighted by atomic mass is 35.5. The van der Waals surface area contributed by atoms with Crippen LogP contribution in [0.5, 0.6) is 0 Å². The number of hydrogen-bond donors (Lipinski definition) is 1. The summed E-state index contributed by atoms with van der Waals surface area (Å²) in [6.07, 6.45) is -1.06. The van der Waals surface area contributed by atoms with Crippen LogP contribution in [0.3, 0.4) is 0 Å². The van der Waals surface area contributed by atoms with Crippen molar-refractivity contribution in [2.75, 3.05) is 13.1 Å². The summed E-state index contributed by atoms with van der Waals surface area (Å²) >= 11 is 12.0. The molecule has 1 aromatic carbocycles. The van der Waals surface area contributed by atoms with E-state index in [1.165, 1.54) is 0 Å². The maximum Gasteiger partial charge on any atom is 0.433 e. The largest absolute Gasteiger partial charge is 0.481 e. The van der Waals surface area contributed by atoms with Crippen molar-refractivity contribution in [3.63, 3.8) is 0 Å². The fraction of sp³-hybridized carbons (Fsp3) is 0.538. The number of benzene rings is 1. The van der Waals surface area contributed by atoms with Crippen molar-refractivity contribution in [3.05, 3.63) is 51.0 Å². The Labute approximate surface area is 232 Å². The van der Waals surface area contributed by atoms with E-state index in [0.29, 0.717) is 0 Å². The van der Waals surface area contributed by atoms with Crippen molar-refractivity contribution in [2.45, 2.75) is 64.1 Å². The summed E-state index contributed by atoms with van der Waals surface area (Å²) in [5.41, 5.74) is -3.19. The van der Waals surface area contributed by atoms with E-state index in [0.717, 1.165) is 47.2 Å². The Kier molecular flexibility index (Phi) is 8.33. The number of carboxylic acids is 1. The molecule has 0 unspecified atom stereocenters. The van der Waals surface area contributed by atoms with Crippen LogP contribution in [-0.4, -0.2) is 50.5 Å². The van der Waals surface area contributed by atoms with Gasteiger partial charge in [-0.05, 0) is 63.5 Å². The number of alkyl halides is 3. The molecular weight excluding hydrogens is 565 g/mol. The van der Waals surface area contributed by atoms with Crippen LogP contribution >= 0.6 is 23.2 Å². The standard InChI is InChI=1S/C26H27Cl2F4N3O4/c1-25(24(38)39)7-5-16(6-8-25)35-22(26(30,31)32)17(11-33-35)23(37)34(12-14-3-2-4-14)13-20(36)21-18(27)9-15(29)10-19(21)28/h9-11,14,16H,2-8,12-13H2,1H3,(H,38,39). The van der Waals surface area contributed by atoms with Crippen LogP contribution < -0.4 is 0 Å². The first-order valence-electron chi connectivity index (χ1n) is 12.6. The van der Waals surface area contributed by atoms with Gasteiger partial charge in [0.25, 0.3) is 5.91 Å². The van der Waals surface area contributed by atoms with Gasteiger partial charge in [0.2, 0.25) is 0 Å². The number of halogens is 6. The number of Topliss-reactive ketones (excluding diaryl/α,β-unsaturated/α-hetero) is 1. The second-order valence-corrected chi connectivity index (χ2v) is 11.4. The number of nitrogens with zero attached hydrogens (tertiary/aromatic N) is 3. The van der Waals surface area contributed by atoms with E-state index in [4.69, 9.17) is 23.2 Å². The number of aromatic nitrogens is 2. The molecule has 0 bridgehead atoms. The van der Waals surface area contributed by atoms with Gasteiger partial charge in [0.15, 0.2) is 11.5 Å². The third-order valence-electron chi connectivity index (χ3n) is 7.83. The fourth-order valence-corrected chi connectivity index (χ4v) is 5.89. The number of amides is 1. The quantitative estimate of drug-likeness (QED) is 0.273.